The second kappa shape index (κ2) is 11.7. The Morgan fingerprint density at radius 3 is 2.51 bits per heavy atom. The van der Waals surface area contributed by atoms with Crippen molar-refractivity contribution in [2.75, 3.05) is 13.1 Å². The minimum Gasteiger partial charge on any atom is -0.489 e. The van der Waals surface area contributed by atoms with Crippen LogP contribution in [-0.4, -0.2) is 57.7 Å². The Kier molecular flexibility index (Phi) is 8.35. The van der Waals surface area contributed by atoms with E-state index in [-0.39, 0.29) is 19.5 Å². The normalized spacial score (nSPS) is 17.4. The number of ether oxygens (including phenoxy) is 2. The number of aromatic nitrogens is 1. The largest absolute Gasteiger partial charge is 0.489 e. The third-order valence-electron chi connectivity index (χ3n) is 6.47. The van der Waals surface area contributed by atoms with Crippen LogP contribution < -0.4 is 15.5 Å². The summed E-state index contributed by atoms with van der Waals surface area (Å²) in [4.78, 5) is 43.9. The molecule has 10 heteroatoms. The molecule has 1 aliphatic rings. The van der Waals surface area contributed by atoms with Crippen LogP contribution in [-0.2, 0) is 16.1 Å². The number of nitrogens with one attached hydrogen (secondary N) is 2. The number of pyridine rings is 1. The highest BCUT2D eigenvalue weighted by molar-refractivity contribution is 5.95. The molecule has 1 aliphatic heterocycles. The zero-order chi connectivity index (χ0) is 28.2. The molecule has 0 aliphatic carbocycles. The van der Waals surface area contributed by atoms with E-state index in [1.807, 2.05) is 37.3 Å². The maximum atomic E-state index is 13.1. The molecule has 1 saturated heterocycles. The molecule has 3 N–H and O–H groups in total. The number of hydrogen-bond acceptors (Lipinski definition) is 7. The average Bonchev–Trinajstić information content (AvgIpc) is 2.90. The molecular formula is C29H34N4O6. The molecule has 0 bridgehead atoms. The first-order valence-electron chi connectivity index (χ1n) is 12.8. The summed E-state index contributed by atoms with van der Waals surface area (Å²) in [6.07, 6.45) is -0.268. The molecule has 0 radical (unpaired) electrons. The summed E-state index contributed by atoms with van der Waals surface area (Å²) in [6.45, 7) is 7.92. The van der Waals surface area contributed by atoms with E-state index < -0.39 is 35.5 Å². The standard InChI is InChI=1S/C29H34N4O6/c1-18-15-20(22-7-5-6-8-24(22)30-18)17-38-21-11-9-19(10-12-21)26(34)31-25-16-33(28(36)39-29(2,3)4)14-13-23(25)27(35)32-37/h5-12,15,23,25,37H,13-14,16-17H2,1-4H3,(H,31,34)(H,32,35)/t23-,25-/m0/s1. The highest BCUT2D eigenvalue weighted by Crippen LogP contribution is 2.23. The van der Waals surface area contributed by atoms with Crippen LogP contribution in [0.3, 0.4) is 0 Å². The van der Waals surface area contributed by atoms with Gasteiger partial charge >= 0.3 is 6.09 Å². The van der Waals surface area contributed by atoms with Crippen molar-refractivity contribution < 1.29 is 29.1 Å². The van der Waals surface area contributed by atoms with Gasteiger partial charge < -0.3 is 19.7 Å². The number of fused-ring (bicyclic) bond motifs is 1. The number of amides is 3. The summed E-state index contributed by atoms with van der Waals surface area (Å²) in [5, 5.41) is 13.1. The van der Waals surface area contributed by atoms with Gasteiger partial charge in [-0.05, 0) is 70.5 Å². The van der Waals surface area contributed by atoms with Crippen molar-refractivity contribution in [1.82, 2.24) is 20.7 Å². The summed E-state index contributed by atoms with van der Waals surface area (Å²) in [5.41, 5.74) is 4.18. The van der Waals surface area contributed by atoms with E-state index in [0.29, 0.717) is 17.9 Å². The van der Waals surface area contributed by atoms with Gasteiger partial charge in [0.2, 0.25) is 5.91 Å². The molecule has 1 aromatic heterocycles. The fraction of sp³-hybridized carbons (Fsp3) is 0.379. The fourth-order valence-corrected chi connectivity index (χ4v) is 4.62. The number of likely N-dealkylation sites (tertiary alicyclic amines) is 1. The first-order valence-corrected chi connectivity index (χ1v) is 12.8. The van der Waals surface area contributed by atoms with Gasteiger partial charge in [-0.3, -0.25) is 19.8 Å². The summed E-state index contributed by atoms with van der Waals surface area (Å²) < 4.78 is 11.4. The summed E-state index contributed by atoms with van der Waals surface area (Å²) >= 11 is 0. The number of para-hydroxylation sites is 1. The highest BCUT2D eigenvalue weighted by Gasteiger charge is 2.38. The quantitative estimate of drug-likeness (QED) is 0.322. The van der Waals surface area contributed by atoms with E-state index in [0.717, 1.165) is 22.2 Å². The summed E-state index contributed by atoms with van der Waals surface area (Å²) in [6, 6.07) is 15.8. The van der Waals surface area contributed by atoms with E-state index in [2.05, 4.69) is 10.3 Å². The molecule has 3 amide bonds. The van der Waals surface area contributed by atoms with Crippen LogP contribution in [0.15, 0.2) is 54.6 Å². The van der Waals surface area contributed by atoms with Gasteiger partial charge in [0.15, 0.2) is 0 Å². The van der Waals surface area contributed by atoms with Gasteiger partial charge in [-0.2, -0.15) is 0 Å². The van der Waals surface area contributed by atoms with Crippen molar-refractivity contribution in [3.05, 3.63) is 71.4 Å². The molecule has 3 aromatic rings. The van der Waals surface area contributed by atoms with Crippen LogP contribution in [0.25, 0.3) is 10.9 Å². The Balaban J connectivity index is 1.42. The Morgan fingerprint density at radius 2 is 1.82 bits per heavy atom. The molecule has 1 fully saturated rings. The predicted octanol–water partition coefficient (Wildman–Crippen LogP) is 3.98. The molecule has 2 heterocycles. The van der Waals surface area contributed by atoms with Crippen LogP contribution in [0, 0.1) is 12.8 Å². The first-order chi connectivity index (χ1) is 18.5. The number of carbonyl (C=O) groups is 3. The number of benzene rings is 2. The number of piperidine rings is 1. The SMILES string of the molecule is Cc1cc(COc2ccc(C(=O)N[C@H]3CN(C(=O)OC(C)(C)C)CC[C@@H]3C(=O)NO)cc2)c2ccccc2n1. The molecule has 0 saturated carbocycles. The lowest BCUT2D eigenvalue weighted by atomic mass is 9.90. The van der Waals surface area contributed by atoms with Crippen molar-refractivity contribution in [3.8, 4) is 5.75 Å². The van der Waals surface area contributed by atoms with Crippen molar-refractivity contribution in [1.29, 1.82) is 0 Å². The van der Waals surface area contributed by atoms with Gasteiger partial charge in [0.1, 0.15) is 18.0 Å². The number of rotatable bonds is 6. The number of hydroxylamine groups is 1. The molecule has 4 rings (SSSR count). The second-order valence-electron chi connectivity index (χ2n) is 10.6. The zero-order valence-electron chi connectivity index (χ0n) is 22.6. The monoisotopic (exact) mass is 534 g/mol. The Morgan fingerprint density at radius 1 is 1.10 bits per heavy atom. The molecule has 206 valence electrons. The molecule has 0 unspecified atom stereocenters. The van der Waals surface area contributed by atoms with Crippen LogP contribution in [0.4, 0.5) is 4.79 Å². The molecule has 0 spiro atoms. The van der Waals surface area contributed by atoms with Gasteiger partial charge in [0, 0.05) is 35.3 Å². The van der Waals surface area contributed by atoms with Crippen LogP contribution in [0.2, 0.25) is 0 Å². The smallest absolute Gasteiger partial charge is 0.410 e. The van der Waals surface area contributed by atoms with E-state index in [9.17, 15) is 19.6 Å². The summed E-state index contributed by atoms with van der Waals surface area (Å²) in [5.74, 6) is -1.15. The predicted molar refractivity (Wildman–Crippen MR) is 144 cm³/mol. The van der Waals surface area contributed by atoms with Crippen LogP contribution >= 0.6 is 0 Å². The van der Waals surface area contributed by atoms with Gasteiger partial charge in [-0.15, -0.1) is 0 Å². The van der Waals surface area contributed by atoms with Gasteiger partial charge in [-0.25, -0.2) is 10.3 Å². The molecule has 10 nitrogen and oxygen atoms in total. The second-order valence-corrected chi connectivity index (χ2v) is 10.6. The van der Waals surface area contributed by atoms with E-state index in [4.69, 9.17) is 9.47 Å². The zero-order valence-corrected chi connectivity index (χ0v) is 22.6. The van der Waals surface area contributed by atoms with E-state index in [1.165, 1.54) is 4.90 Å². The average molecular weight is 535 g/mol. The van der Waals surface area contributed by atoms with Crippen LogP contribution in [0.1, 0.15) is 48.8 Å². The van der Waals surface area contributed by atoms with Gasteiger partial charge in [0.25, 0.3) is 5.91 Å². The van der Waals surface area contributed by atoms with Gasteiger partial charge in [-0.1, -0.05) is 18.2 Å². The number of carbonyl (C=O) groups excluding carboxylic acids is 3. The molecule has 2 atom stereocenters. The van der Waals surface area contributed by atoms with Gasteiger partial charge in [0.05, 0.1) is 17.5 Å². The number of hydrogen-bond donors (Lipinski definition) is 3. The topological polar surface area (TPSA) is 130 Å². The third kappa shape index (κ3) is 7.02. The molecule has 39 heavy (non-hydrogen) atoms. The Bertz CT molecular complexity index is 1350. The minimum absolute atomic E-state index is 0.0687. The van der Waals surface area contributed by atoms with E-state index >= 15 is 0 Å². The Hall–Kier alpha value is -4.18. The first kappa shape index (κ1) is 27.8. The lowest BCUT2D eigenvalue weighted by Crippen LogP contribution is -2.57. The lowest BCUT2D eigenvalue weighted by Gasteiger charge is -2.38. The number of aryl methyl sites for hydroxylation is 1. The van der Waals surface area contributed by atoms with Crippen LogP contribution in [0.5, 0.6) is 5.75 Å². The minimum atomic E-state index is -0.718. The van der Waals surface area contributed by atoms with Crippen molar-refractivity contribution in [3.63, 3.8) is 0 Å². The van der Waals surface area contributed by atoms with E-state index in [1.54, 1.807) is 50.5 Å². The third-order valence-corrected chi connectivity index (χ3v) is 6.47. The lowest BCUT2D eigenvalue weighted by molar-refractivity contribution is -0.135. The fourth-order valence-electron chi connectivity index (χ4n) is 4.62. The van der Waals surface area contributed by atoms with Crippen molar-refractivity contribution >= 4 is 28.8 Å². The van der Waals surface area contributed by atoms with Crippen molar-refractivity contribution in [2.45, 2.75) is 52.4 Å². The molecular weight excluding hydrogens is 500 g/mol. The Labute approximate surface area is 227 Å². The highest BCUT2D eigenvalue weighted by atomic mass is 16.6. The van der Waals surface area contributed by atoms with Crippen molar-refractivity contribution in [2.24, 2.45) is 5.92 Å². The maximum Gasteiger partial charge on any atom is 0.410 e. The number of nitrogens with zero attached hydrogens (tertiary/aromatic N) is 2. The summed E-state index contributed by atoms with van der Waals surface area (Å²) in [7, 11) is 0. The maximum absolute atomic E-state index is 13.1. The molecule has 2 aromatic carbocycles.